The summed E-state index contributed by atoms with van der Waals surface area (Å²) in [5.41, 5.74) is 0.933. The van der Waals surface area contributed by atoms with Crippen LogP contribution < -0.4 is 10.6 Å². The van der Waals surface area contributed by atoms with Crippen molar-refractivity contribution in [2.45, 2.75) is 31.1 Å². The second kappa shape index (κ2) is 9.82. The van der Waals surface area contributed by atoms with E-state index < -0.39 is 10.0 Å². The van der Waals surface area contributed by atoms with Gasteiger partial charge in [-0.3, -0.25) is 14.6 Å². The van der Waals surface area contributed by atoms with Crippen LogP contribution in [-0.4, -0.2) is 49.2 Å². The van der Waals surface area contributed by atoms with E-state index in [1.54, 1.807) is 18.3 Å². The molecule has 0 spiro atoms. The lowest BCUT2D eigenvalue weighted by atomic mass is 10.0. The predicted octanol–water partition coefficient (Wildman–Crippen LogP) is 2.26. The minimum absolute atomic E-state index is 0.112. The highest BCUT2D eigenvalue weighted by molar-refractivity contribution is 7.89. The fourth-order valence-electron chi connectivity index (χ4n) is 3.20. The van der Waals surface area contributed by atoms with E-state index in [-0.39, 0.29) is 29.7 Å². The van der Waals surface area contributed by atoms with Gasteiger partial charge in [0.05, 0.1) is 16.8 Å². The first kappa shape index (κ1) is 21.9. The zero-order valence-electron chi connectivity index (χ0n) is 16.9. The molecule has 1 aliphatic heterocycles. The number of rotatable bonds is 7. The van der Waals surface area contributed by atoms with Gasteiger partial charge in [0.2, 0.25) is 15.9 Å². The molecule has 2 aromatic rings. The molecule has 1 fully saturated rings. The average molecular weight is 431 g/mol. The second-order valence-electron chi connectivity index (χ2n) is 7.41. The molecule has 160 valence electrons. The molecule has 1 aromatic heterocycles. The Morgan fingerprint density at radius 1 is 1.13 bits per heavy atom. The zero-order chi connectivity index (χ0) is 21.6. The quantitative estimate of drug-likeness (QED) is 0.700. The van der Waals surface area contributed by atoms with Crippen molar-refractivity contribution in [2.24, 2.45) is 5.92 Å². The Bertz CT molecular complexity index is 970. The van der Waals surface area contributed by atoms with Crippen LogP contribution in [0.4, 0.5) is 5.69 Å². The SMILES string of the molecule is CC1CCN(S(=O)(=O)c2ccc(C(=O)NCCC(=O)Nc3cccnc3)cc2)CC1. The summed E-state index contributed by atoms with van der Waals surface area (Å²) in [4.78, 5) is 28.3. The van der Waals surface area contributed by atoms with Crippen molar-refractivity contribution in [3.63, 3.8) is 0 Å². The van der Waals surface area contributed by atoms with E-state index in [4.69, 9.17) is 0 Å². The number of aromatic nitrogens is 1. The van der Waals surface area contributed by atoms with Crippen molar-refractivity contribution in [1.29, 1.82) is 0 Å². The number of nitrogens with zero attached hydrogens (tertiary/aromatic N) is 2. The summed E-state index contributed by atoms with van der Waals surface area (Å²) < 4.78 is 27.0. The second-order valence-corrected chi connectivity index (χ2v) is 9.34. The molecule has 2 heterocycles. The van der Waals surface area contributed by atoms with Gasteiger partial charge in [0.25, 0.3) is 5.91 Å². The lowest BCUT2D eigenvalue weighted by Gasteiger charge is -2.29. The monoisotopic (exact) mass is 430 g/mol. The number of hydrogen-bond acceptors (Lipinski definition) is 5. The summed E-state index contributed by atoms with van der Waals surface area (Å²) in [6.07, 6.45) is 4.97. The van der Waals surface area contributed by atoms with Crippen LogP contribution in [0.15, 0.2) is 53.7 Å². The van der Waals surface area contributed by atoms with Gasteiger partial charge in [-0.05, 0) is 55.2 Å². The molecule has 30 heavy (non-hydrogen) atoms. The van der Waals surface area contributed by atoms with Gasteiger partial charge in [-0.1, -0.05) is 6.92 Å². The van der Waals surface area contributed by atoms with Crippen molar-refractivity contribution in [1.82, 2.24) is 14.6 Å². The molecule has 0 unspecified atom stereocenters. The average Bonchev–Trinajstić information content (AvgIpc) is 2.75. The molecule has 2 amide bonds. The van der Waals surface area contributed by atoms with Crippen LogP contribution in [0.3, 0.4) is 0 Å². The Labute approximate surface area is 176 Å². The van der Waals surface area contributed by atoms with E-state index in [9.17, 15) is 18.0 Å². The van der Waals surface area contributed by atoms with E-state index in [0.29, 0.717) is 30.3 Å². The number of nitrogens with one attached hydrogen (secondary N) is 2. The van der Waals surface area contributed by atoms with Crippen LogP contribution >= 0.6 is 0 Å². The summed E-state index contributed by atoms with van der Waals surface area (Å²) in [6.45, 7) is 3.33. The van der Waals surface area contributed by atoms with Crippen LogP contribution in [0.2, 0.25) is 0 Å². The Morgan fingerprint density at radius 3 is 2.47 bits per heavy atom. The number of pyridine rings is 1. The molecule has 0 radical (unpaired) electrons. The fourth-order valence-corrected chi connectivity index (χ4v) is 4.67. The van der Waals surface area contributed by atoms with Crippen LogP contribution in [0.5, 0.6) is 0 Å². The van der Waals surface area contributed by atoms with Gasteiger partial charge in [0.15, 0.2) is 0 Å². The lowest BCUT2D eigenvalue weighted by Crippen LogP contribution is -2.37. The first-order valence-corrected chi connectivity index (χ1v) is 11.4. The highest BCUT2D eigenvalue weighted by Gasteiger charge is 2.28. The first-order chi connectivity index (χ1) is 14.4. The van der Waals surface area contributed by atoms with Gasteiger partial charge in [-0.2, -0.15) is 4.31 Å². The molecule has 1 aliphatic rings. The number of hydrogen-bond donors (Lipinski definition) is 2. The minimum Gasteiger partial charge on any atom is -0.352 e. The molecule has 0 saturated carbocycles. The number of piperidine rings is 1. The molecule has 1 saturated heterocycles. The van der Waals surface area contributed by atoms with Gasteiger partial charge < -0.3 is 10.6 Å². The molecule has 9 heteroatoms. The van der Waals surface area contributed by atoms with Crippen molar-refractivity contribution < 1.29 is 18.0 Å². The third-order valence-electron chi connectivity index (χ3n) is 5.08. The van der Waals surface area contributed by atoms with Gasteiger partial charge in [0, 0.05) is 37.8 Å². The maximum Gasteiger partial charge on any atom is 0.251 e. The lowest BCUT2D eigenvalue weighted by molar-refractivity contribution is -0.116. The van der Waals surface area contributed by atoms with Crippen molar-refractivity contribution in [3.8, 4) is 0 Å². The van der Waals surface area contributed by atoms with Crippen molar-refractivity contribution in [2.75, 3.05) is 25.0 Å². The van der Waals surface area contributed by atoms with Gasteiger partial charge in [0.1, 0.15) is 0 Å². The molecule has 2 N–H and O–H groups in total. The molecule has 3 rings (SSSR count). The largest absolute Gasteiger partial charge is 0.352 e. The number of amides is 2. The normalized spacial score (nSPS) is 15.5. The van der Waals surface area contributed by atoms with E-state index in [2.05, 4.69) is 22.5 Å². The highest BCUT2D eigenvalue weighted by atomic mass is 32.2. The summed E-state index contributed by atoms with van der Waals surface area (Å²) in [5.74, 6) is -0.0607. The number of sulfonamides is 1. The molecule has 0 bridgehead atoms. The Morgan fingerprint density at radius 2 is 1.83 bits per heavy atom. The summed E-state index contributed by atoms with van der Waals surface area (Å²) in [5, 5.41) is 5.36. The van der Waals surface area contributed by atoms with Gasteiger partial charge in [-0.25, -0.2) is 8.42 Å². The van der Waals surface area contributed by atoms with Crippen molar-refractivity contribution in [3.05, 3.63) is 54.4 Å². The summed E-state index contributed by atoms with van der Waals surface area (Å²) in [7, 11) is -3.54. The predicted molar refractivity (Wildman–Crippen MR) is 113 cm³/mol. The van der Waals surface area contributed by atoms with Crippen LogP contribution in [-0.2, 0) is 14.8 Å². The van der Waals surface area contributed by atoms with Gasteiger partial charge in [-0.15, -0.1) is 0 Å². The van der Waals surface area contributed by atoms with Crippen molar-refractivity contribution >= 4 is 27.5 Å². The van der Waals surface area contributed by atoms with E-state index in [1.165, 1.54) is 34.8 Å². The third-order valence-corrected chi connectivity index (χ3v) is 6.99. The Balaban J connectivity index is 1.50. The standard InChI is InChI=1S/C21H26N4O4S/c1-16-9-13-25(14-10-16)30(28,29)19-6-4-17(5-7-19)21(27)23-12-8-20(26)24-18-3-2-11-22-15-18/h2-7,11,15-16H,8-10,12-14H2,1H3,(H,23,27)(H,24,26). The molecule has 0 atom stereocenters. The van der Waals surface area contributed by atoms with Crippen LogP contribution in [0.1, 0.15) is 36.5 Å². The molecular weight excluding hydrogens is 404 g/mol. The van der Waals surface area contributed by atoms with E-state index in [1.807, 2.05) is 0 Å². The van der Waals surface area contributed by atoms with Crippen LogP contribution in [0, 0.1) is 5.92 Å². The first-order valence-electron chi connectivity index (χ1n) is 9.94. The fraction of sp³-hybridized carbons (Fsp3) is 0.381. The highest BCUT2D eigenvalue weighted by Crippen LogP contribution is 2.23. The third kappa shape index (κ3) is 5.64. The molecule has 0 aliphatic carbocycles. The molecule has 8 nitrogen and oxygen atoms in total. The number of carbonyl (C=O) groups is 2. The Kier molecular flexibility index (Phi) is 7.17. The molecular formula is C21H26N4O4S. The van der Waals surface area contributed by atoms with Crippen LogP contribution in [0.25, 0.3) is 0 Å². The Hall–Kier alpha value is -2.78. The maximum absolute atomic E-state index is 12.7. The van der Waals surface area contributed by atoms with Gasteiger partial charge >= 0.3 is 0 Å². The maximum atomic E-state index is 12.7. The number of anilines is 1. The molecule has 1 aromatic carbocycles. The topological polar surface area (TPSA) is 108 Å². The number of carbonyl (C=O) groups excluding carboxylic acids is 2. The summed E-state index contributed by atoms with van der Waals surface area (Å²) >= 11 is 0. The zero-order valence-corrected chi connectivity index (χ0v) is 17.7. The number of benzene rings is 1. The summed E-state index contributed by atoms with van der Waals surface area (Å²) in [6, 6.07) is 9.33. The van der Waals surface area contributed by atoms with E-state index in [0.717, 1.165) is 12.8 Å². The minimum atomic E-state index is -3.54. The van der Waals surface area contributed by atoms with E-state index >= 15 is 0 Å². The smallest absolute Gasteiger partial charge is 0.251 e.